The van der Waals surface area contributed by atoms with Gasteiger partial charge in [0.15, 0.2) is 0 Å². The molecule has 0 saturated heterocycles. The van der Waals surface area contributed by atoms with Crippen molar-refractivity contribution in [1.82, 2.24) is 0 Å². The molecule has 0 N–H and O–H groups in total. The summed E-state index contributed by atoms with van der Waals surface area (Å²) in [6, 6.07) is 0. The van der Waals surface area contributed by atoms with Crippen LogP contribution in [0.1, 0.15) is 0 Å². The minimum atomic E-state index is 0. The smallest absolute Gasteiger partial charge is 0 e. The van der Waals surface area contributed by atoms with Gasteiger partial charge in [-0.15, -0.1) is 0 Å². The Morgan fingerprint density at radius 3 is 1.25 bits per heavy atom. The Morgan fingerprint density at radius 2 is 1.25 bits per heavy atom. The van der Waals surface area contributed by atoms with Gasteiger partial charge < -0.3 is 4.46 Å². The molecule has 0 rings (SSSR count). The Morgan fingerprint density at radius 1 is 1.25 bits per heavy atom. The second-order valence-corrected chi connectivity index (χ2v) is 0. The average Bonchev–Trinajstić information content (AvgIpc) is 1.00. The summed E-state index contributed by atoms with van der Waals surface area (Å²) in [6.45, 7) is 0. The second-order valence-electron chi connectivity index (χ2n) is 0. The minimum Gasteiger partial charge on any atom is 0 e. The normalized spacial score (nSPS) is 1.00. The quantitative estimate of drug-likeness (QED) is 0.336. The Balaban J connectivity index is -0.00000000500. The van der Waals surface area contributed by atoms with E-state index in [1.54, 1.807) is 0 Å². The molecule has 0 unspecified atom stereocenters. The zero-order valence-electron chi connectivity index (χ0n) is 1.56. The number of hydrogen-bond acceptors (Lipinski definition) is 1. The van der Waals surface area contributed by atoms with E-state index < -0.39 is 0 Å². The third-order valence-electron chi connectivity index (χ3n) is 0. The van der Waals surface area contributed by atoms with Crippen LogP contribution in [0.5, 0.6) is 0 Å². The van der Waals surface area contributed by atoms with E-state index in [2.05, 4.69) is 0 Å². The SMILES string of the molecule is O=[SiH2].[LiH].[V]. The molecular formula is H3LiOSiV. The molecule has 4 heavy (non-hydrogen) atoms. The predicted octanol–water partition coefficient (Wildman–Crippen LogP) is -1.69. The molecule has 4 heteroatoms. The summed E-state index contributed by atoms with van der Waals surface area (Å²) in [5.41, 5.74) is 0. The third-order valence-corrected chi connectivity index (χ3v) is 0. The van der Waals surface area contributed by atoms with Gasteiger partial charge in [-0.25, -0.2) is 0 Å². The molecule has 0 aliphatic heterocycles. The fourth-order valence-electron chi connectivity index (χ4n) is 0. The topological polar surface area (TPSA) is 17.1 Å². The van der Waals surface area contributed by atoms with Gasteiger partial charge >= 0.3 is 18.9 Å². The van der Waals surface area contributed by atoms with Gasteiger partial charge in [0.2, 0.25) is 10.1 Å². The van der Waals surface area contributed by atoms with Crippen LogP contribution in [0.15, 0.2) is 0 Å². The van der Waals surface area contributed by atoms with Crippen molar-refractivity contribution >= 4 is 29.0 Å². The Hall–Kier alpha value is 1.20. The van der Waals surface area contributed by atoms with Crippen LogP contribution in [0, 0.1) is 0 Å². The molecule has 0 amide bonds. The molecule has 0 saturated carbocycles. The summed E-state index contributed by atoms with van der Waals surface area (Å²) in [5, 5.41) is 0. The Kier molecular flexibility index (Phi) is 142. The van der Waals surface area contributed by atoms with Crippen molar-refractivity contribution in [2.24, 2.45) is 0 Å². The zero-order chi connectivity index (χ0) is 2.00. The maximum absolute atomic E-state index is 8.28. The van der Waals surface area contributed by atoms with Crippen molar-refractivity contribution in [1.29, 1.82) is 0 Å². The van der Waals surface area contributed by atoms with Crippen LogP contribution >= 0.6 is 0 Å². The summed E-state index contributed by atoms with van der Waals surface area (Å²) in [4.78, 5) is 0. The van der Waals surface area contributed by atoms with Gasteiger partial charge in [0.1, 0.15) is 0 Å². The van der Waals surface area contributed by atoms with Crippen LogP contribution < -0.4 is 0 Å². The standard InChI is InChI=1S/Li.H2OSi.V.H/c;1-2;;/h;2H2;;. The summed E-state index contributed by atoms with van der Waals surface area (Å²) in [6.07, 6.45) is 0. The van der Waals surface area contributed by atoms with Crippen LogP contribution in [0.25, 0.3) is 0 Å². The van der Waals surface area contributed by atoms with Gasteiger partial charge in [-0.3, -0.25) is 0 Å². The largest absolute Gasteiger partial charge is 0 e. The fraction of sp³-hybridized carbons (Fsp3) is 0. The molecular weight excluding hydrogens is 102 g/mol. The van der Waals surface area contributed by atoms with Crippen molar-refractivity contribution in [3.8, 4) is 0 Å². The zero-order valence-corrected chi connectivity index (χ0v) is 4.37. The van der Waals surface area contributed by atoms with Crippen LogP contribution in [-0.4, -0.2) is 29.0 Å². The monoisotopic (exact) mass is 105 g/mol. The van der Waals surface area contributed by atoms with Gasteiger partial charge in [-0.2, -0.15) is 0 Å². The molecule has 0 aromatic rings. The van der Waals surface area contributed by atoms with Gasteiger partial charge in [0.05, 0.1) is 0 Å². The first-order chi connectivity index (χ1) is 1.00. The maximum Gasteiger partial charge on any atom is 0 e. The molecule has 19 valence electrons. The second kappa shape index (κ2) is 29.9. The van der Waals surface area contributed by atoms with Crippen LogP contribution in [0.3, 0.4) is 0 Å². The van der Waals surface area contributed by atoms with Crippen LogP contribution in [-0.2, 0) is 23.0 Å². The summed E-state index contributed by atoms with van der Waals surface area (Å²) >= 11 is 0. The molecule has 0 fully saturated rings. The van der Waals surface area contributed by atoms with Crippen molar-refractivity contribution in [3.63, 3.8) is 0 Å². The summed E-state index contributed by atoms with van der Waals surface area (Å²) < 4.78 is 8.28. The third kappa shape index (κ3) is 10.8. The van der Waals surface area contributed by atoms with Crippen molar-refractivity contribution in [3.05, 3.63) is 0 Å². The molecule has 1 radical (unpaired) electrons. The molecule has 0 aromatic carbocycles. The predicted molar refractivity (Wildman–Crippen MR) is 16.4 cm³/mol. The van der Waals surface area contributed by atoms with E-state index in [9.17, 15) is 0 Å². The van der Waals surface area contributed by atoms with Gasteiger partial charge in [0, 0.05) is 18.6 Å². The first kappa shape index (κ1) is 19.0. The first-order valence-corrected chi connectivity index (χ1v) is 0.866. The fourth-order valence-corrected chi connectivity index (χ4v) is 0. The average molecular weight is 105 g/mol. The van der Waals surface area contributed by atoms with Crippen molar-refractivity contribution in [2.75, 3.05) is 0 Å². The van der Waals surface area contributed by atoms with Crippen molar-refractivity contribution < 1.29 is 23.0 Å². The molecule has 1 nitrogen and oxygen atoms in total. The van der Waals surface area contributed by atoms with E-state index in [4.69, 9.17) is 4.46 Å². The maximum atomic E-state index is 8.28. The van der Waals surface area contributed by atoms with Crippen LogP contribution in [0.2, 0.25) is 0 Å². The molecule has 0 bridgehead atoms. The van der Waals surface area contributed by atoms with E-state index in [1.807, 2.05) is 0 Å². The minimum absolute atomic E-state index is 0. The van der Waals surface area contributed by atoms with Crippen molar-refractivity contribution in [2.45, 2.75) is 0 Å². The van der Waals surface area contributed by atoms with Gasteiger partial charge in [-0.05, 0) is 0 Å². The Labute approximate surface area is 52.1 Å². The van der Waals surface area contributed by atoms with E-state index in [0.29, 0.717) is 10.1 Å². The summed E-state index contributed by atoms with van der Waals surface area (Å²) in [7, 11) is 0.611. The van der Waals surface area contributed by atoms with Gasteiger partial charge in [0.25, 0.3) is 0 Å². The van der Waals surface area contributed by atoms with E-state index in [-0.39, 0.29) is 37.4 Å². The molecule has 0 heterocycles. The van der Waals surface area contributed by atoms with E-state index >= 15 is 0 Å². The summed E-state index contributed by atoms with van der Waals surface area (Å²) in [5.74, 6) is 0. The number of rotatable bonds is 0. The van der Waals surface area contributed by atoms with Crippen LogP contribution in [0.4, 0.5) is 0 Å². The first-order valence-electron chi connectivity index (χ1n) is 0.289. The molecule has 0 atom stereocenters. The number of hydrogen-bond donors (Lipinski definition) is 0. The van der Waals surface area contributed by atoms with Gasteiger partial charge in [-0.1, -0.05) is 0 Å². The molecule has 0 aromatic heterocycles. The molecule has 0 spiro atoms. The van der Waals surface area contributed by atoms with E-state index in [1.165, 1.54) is 0 Å². The van der Waals surface area contributed by atoms with E-state index in [0.717, 1.165) is 0 Å². The molecule has 0 aliphatic rings. The Bertz CT molecular complexity index is 8.00. The molecule has 0 aliphatic carbocycles.